The normalized spacial score (nSPS) is 11.4. The van der Waals surface area contributed by atoms with Crippen LogP contribution >= 0.6 is 0 Å². The van der Waals surface area contributed by atoms with E-state index in [0.29, 0.717) is 5.58 Å². The predicted molar refractivity (Wildman–Crippen MR) is 87.2 cm³/mol. The monoisotopic (exact) mass is 290 g/mol. The molecule has 0 saturated carbocycles. The zero-order valence-corrected chi connectivity index (χ0v) is 12.3. The largest absolute Gasteiger partial charge is 0.463 e. The van der Waals surface area contributed by atoms with Gasteiger partial charge in [-0.25, -0.2) is 4.79 Å². The first-order valence-corrected chi connectivity index (χ1v) is 7.16. The Hall–Kier alpha value is -2.81. The second-order valence-electron chi connectivity index (χ2n) is 5.53. The lowest BCUT2D eigenvalue weighted by molar-refractivity contribution is 0.558. The van der Waals surface area contributed by atoms with Crippen LogP contribution in [0.5, 0.6) is 0 Å². The van der Waals surface area contributed by atoms with E-state index < -0.39 is 0 Å². The Bertz CT molecular complexity index is 1050. The summed E-state index contributed by atoms with van der Waals surface area (Å²) >= 11 is 0. The molecule has 22 heavy (non-hydrogen) atoms. The van der Waals surface area contributed by atoms with Crippen LogP contribution in [0.2, 0.25) is 0 Å². The van der Waals surface area contributed by atoms with E-state index in [4.69, 9.17) is 8.83 Å². The maximum absolute atomic E-state index is 11.6. The summed E-state index contributed by atoms with van der Waals surface area (Å²) in [7, 11) is 0. The minimum absolute atomic E-state index is 0.335. The van der Waals surface area contributed by atoms with Crippen molar-refractivity contribution in [1.82, 2.24) is 0 Å². The molecule has 4 aromatic rings. The molecule has 108 valence electrons. The first-order chi connectivity index (χ1) is 10.6. The summed E-state index contributed by atoms with van der Waals surface area (Å²) in [6, 6.07) is 13.5. The van der Waals surface area contributed by atoms with Crippen LogP contribution in [0.25, 0.3) is 33.1 Å². The van der Waals surface area contributed by atoms with Crippen molar-refractivity contribution in [2.45, 2.75) is 13.8 Å². The third kappa shape index (κ3) is 1.79. The third-order valence-corrected chi connectivity index (χ3v) is 4.03. The van der Waals surface area contributed by atoms with Gasteiger partial charge in [0.2, 0.25) is 0 Å². The number of rotatable bonds is 1. The zero-order chi connectivity index (χ0) is 15.3. The number of furan rings is 1. The van der Waals surface area contributed by atoms with E-state index in [1.165, 1.54) is 6.07 Å². The highest BCUT2D eigenvalue weighted by Gasteiger charge is 2.16. The van der Waals surface area contributed by atoms with Crippen LogP contribution in [0.3, 0.4) is 0 Å². The van der Waals surface area contributed by atoms with Crippen LogP contribution in [0.15, 0.2) is 62.4 Å². The lowest BCUT2D eigenvalue weighted by atomic mass is 9.98. The molecular formula is C19H14O3. The Labute approximate surface area is 126 Å². The van der Waals surface area contributed by atoms with E-state index in [-0.39, 0.29) is 5.63 Å². The van der Waals surface area contributed by atoms with Gasteiger partial charge < -0.3 is 8.83 Å². The Morgan fingerprint density at radius 3 is 2.41 bits per heavy atom. The number of hydrogen-bond acceptors (Lipinski definition) is 3. The number of fused-ring (bicyclic) bond motifs is 3. The van der Waals surface area contributed by atoms with E-state index >= 15 is 0 Å². The van der Waals surface area contributed by atoms with E-state index in [2.05, 4.69) is 12.1 Å². The van der Waals surface area contributed by atoms with Gasteiger partial charge in [-0.3, -0.25) is 0 Å². The molecule has 0 saturated heterocycles. The fourth-order valence-corrected chi connectivity index (χ4v) is 3.06. The van der Waals surface area contributed by atoms with Crippen LogP contribution in [0.4, 0.5) is 0 Å². The molecule has 2 aromatic carbocycles. The molecule has 0 fully saturated rings. The molecule has 0 unspecified atom stereocenters. The quantitative estimate of drug-likeness (QED) is 0.472. The molecule has 0 amide bonds. The Morgan fingerprint density at radius 1 is 0.909 bits per heavy atom. The molecule has 0 radical (unpaired) electrons. The average molecular weight is 290 g/mol. The van der Waals surface area contributed by atoms with Crippen molar-refractivity contribution in [1.29, 1.82) is 0 Å². The molecule has 4 rings (SSSR count). The van der Waals surface area contributed by atoms with Crippen molar-refractivity contribution in [3.05, 3.63) is 70.3 Å². The highest BCUT2D eigenvalue weighted by atomic mass is 16.4. The summed E-state index contributed by atoms with van der Waals surface area (Å²) in [6.45, 7) is 3.91. The van der Waals surface area contributed by atoms with Crippen molar-refractivity contribution >= 4 is 21.9 Å². The lowest BCUT2D eigenvalue weighted by Gasteiger charge is -2.05. The van der Waals surface area contributed by atoms with Crippen molar-refractivity contribution in [2.24, 2.45) is 0 Å². The SMILES string of the molecule is Cc1cc2oc(=O)cc(C)c2c2occ(-c3ccccc3)c12. The Kier molecular flexibility index (Phi) is 2.70. The molecule has 0 aliphatic carbocycles. The standard InChI is InChI=1S/C19H14O3/c1-11-8-15-18(12(2)9-16(20)22-15)19-17(11)14(10-21-19)13-6-4-3-5-7-13/h3-10H,1-2H3. The lowest BCUT2D eigenvalue weighted by Crippen LogP contribution is -1.98. The van der Waals surface area contributed by atoms with Crippen LogP contribution < -0.4 is 5.63 Å². The van der Waals surface area contributed by atoms with Crippen molar-refractivity contribution < 1.29 is 8.83 Å². The molecule has 2 heterocycles. The van der Waals surface area contributed by atoms with Crippen LogP contribution in [-0.2, 0) is 0 Å². The molecule has 0 aliphatic rings. The van der Waals surface area contributed by atoms with Crippen molar-refractivity contribution in [3.8, 4) is 11.1 Å². The van der Waals surface area contributed by atoms with Gasteiger partial charge in [0.1, 0.15) is 11.2 Å². The topological polar surface area (TPSA) is 43.4 Å². The summed E-state index contributed by atoms with van der Waals surface area (Å²) in [4.78, 5) is 11.6. The summed E-state index contributed by atoms with van der Waals surface area (Å²) in [5, 5.41) is 1.93. The summed E-state index contributed by atoms with van der Waals surface area (Å²) in [6.07, 6.45) is 1.77. The van der Waals surface area contributed by atoms with Gasteiger partial charge in [-0.1, -0.05) is 30.3 Å². The molecule has 0 spiro atoms. The Morgan fingerprint density at radius 2 is 1.64 bits per heavy atom. The summed E-state index contributed by atoms with van der Waals surface area (Å²) in [5.74, 6) is 0. The molecule has 3 heteroatoms. The second-order valence-corrected chi connectivity index (χ2v) is 5.53. The molecule has 0 atom stereocenters. The van der Waals surface area contributed by atoms with Gasteiger partial charge in [0.15, 0.2) is 0 Å². The highest BCUT2D eigenvalue weighted by Crippen LogP contribution is 2.37. The second kappa shape index (κ2) is 4.60. The molecule has 3 nitrogen and oxygen atoms in total. The number of benzene rings is 2. The average Bonchev–Trinajstić information content (AvgIpc) is 2.92. The van der Waals surface area contributed by atoms with Crippen LogP contribution in [0.1, 0.15) is 11.1 Å². The van der Waals surface area contributed by atoms with Crippen molar-refractivity contribution in [2.75, 3.05) is 0 Å². The molecule has 0 bridgehead atoms. The van der Waals surface area contributed by atoms with E-state index in [1.54, 1.807) is 6.26 Å². The van der Waals surface area contributed by atoms with Gasteiger partial charge in [0.25, 0.3) is 0 Å². The smallest absolute Gasteiger partial charge is 0.336 e. The van der Waals surface area contributed by atoms with Gasteiger partial charge in [-0.15, -0.1) is 0 Å². The maximum Gasteiger partial charge on any atom is 0.336 e. The highest BCUT2D eigenvalue weighted by molar-refractivity contribution is 6.10. The van der Waals surface area contributed by atoms with E-state index in [0.717, 1.165) is 38.6 Å². The van der Waals surface area contributed by atoms with Crippen LogP contribution in [0, 0.1) is 13.8 Å². The Balaban J connectivity index is 2.17. The summed E-state index contributed by atoms with van der Waals surface area (Å²) in [5.41, 5.74) is 5.08. The third-order valence-electron chi connectivity index (χ3n) is 4.03. The first-order valence-electron chi connectivity index (χ1n) is 7.16. The number of aryl methyl sites for hydroxylation is 2. The van der Waals surface area contributed by atoms with Gasteiger partial charge in [0, 0.05) is 17.0 Å². The minimum Gasteiger partial charge on any atom is -0.463 e. The molecular weight excluding hydrogens is 276 g/mol. The number of hydrogen-bond donors (Lipinski definition) is 0. The molecule has 0 aliphatic heterocycles. The zero-order valence-electron chi connectivity index (χ0n) is 12.3. The van der Waals surface area contributed by atoms with Gasteiger partial charge in [-0.2, -0.15) is 0 Å². The maximum atomic E-state index is 11.6. The minimum atomic E-state index is -0.335. The van der Waals surface area contributed by atoms with E-state index in [9.17, 15) is 4.79 Å². The van der Waals surface area contributed by atoms with Crippen molar-refractivity contribution in [3.63, 3.8) is 0 Å². The van der Waals surface area contributed by atoms with Gasteiger partial charge in [-0.05, 0) is 36.6 Å². The van der Waals surface area contributed by atoms with E-state index in [1.807, 2.05) is 38.1 Å². The van der Waals surface area contributed by atoms with Gasteiger partial charge in [0.05, 0.1) is 11.6 Å². The first kappa shape index (κ1) is 12.9. The van der Waals surface area contributed by atoms with Crippen LogP contribution in [-0.4, -0.2) is 0 Å². The fraction of sp³-hybridized carbons (Fsp3) is 0.105. The fourth-order valence-electron chi connectivity index (χ4n) is 3.06. The van der Waals surface area contributed by atoms with Gasteiger partial charge >= 0.3 is 5.63 Å². The predicted octanol–water partition coefficient (Wildman–Crippen LogP) is 4.82. The summed E-state index contributed by atoms with van der Waals surface area (Å²) < 4.78 is 11.2. The molecule has 0 N–H and O–H groups in total. The molecule has 2 aromatic heterocycles.